The van der Waals surface area contributed by atoms with Crippen molar-refractivity contribution in [2.45, 2.75) is 26.7 Å². The monoisotopic (exact) mass is 238 g/mol. The van der Waals surface area contributed by atoms with E-state index in [0.29, 0.717) is 5.92 Å². The van der Waals surface area contributed by atoms with Gasteiger partial charge in [0.1, 0.15) is 0 Å². The smallest absolute Gasteiger partial charge is 0 e. The Morgan fingerprint density at radius 1 is 1.08 bits per heavy atom. The second-order valence-corrected chi connectivity index (χ2v) is 2.31. The molecule has 12 heavy (non-hydrogen) atoms. The first-order valence-electron chi connectivity index (χ1n) is 4.18. The van der Waals surface area contributed by atoms with Crippen LogP contribution in [-0.4, -0.2) is 0 Å². The maximum Gasteiger partial charge on any atom is 0 e. The third kappa shape index (κ3) is 5.91. The van der Waals surface area contributed by atoms with Crippen LogP contribution in [0.4, 0.5) is 0 Å². The van der Waals surface area contributed by atoms with E-state index >= 15 is 0 Å². The summed E-state index contributed by atoms with van der Waals surface area (Å²) >= 11 is 0. The van der Waals surface area contributed by atoms with Gasteiger partial charge in [-0.25, -0.2) is 0 Å². The minimum Gasteiger partial charge on any atom is -0.336 e. The van der Waals surface area contributed by atoms with E-state index in [1.807, 2.05) is 32.0 Å². The first kappa shape index (κ1) is 14.8. The molecule has 0 N–H and O–H groups in total. The Morgan fingerprint density at radius 3 is 1.75 bits per heavy atom. The van der Waals surface area contributed by atoms with E-state index < -0.39 is 0 Å². The van der Waals surface area contributed by atoms with Gasteiger partial charge in [-0.05, 0) is 0 Å². The fourth-order valence-electron chi connectivity index (χ4n) is 0.782. The molecule has 1 unspecified atom stereocenters. The maximum atomic E-state index is 3.91. The fraction of sp³-hybridized carbons (Fsp3) is 0.364. The van der Waals surface area contributed by atoms with E-state index in [1.165, 1.54) is 5.56 Å². The molecule has 0 fully saturated rings. The molecule has 0 saturated carbocycles. The first-order valence-corrected chi connectivity index (χ1v) is 4.18. The molecule has 0 aliphatic heterocycles. The van der Waals surface area contributed by atoms with Crippen LogP contribution in [0.1, 0.15) is 32.3 Å². The second-order valence-electron chi connectivity index (χ2n) is 2.31. The summed E-state index contributed by atoms with van der Waals surface area (Å²) in [6.45, 7) is 10.0. The Labute approximate surface area is 102 Å². The third-order valence-corrected chi connectivity index (χ3v) is 1.37. The molecule has 1 aromatic rings. The fourth-order valence-corrected chi connectivity index (χ4v) is 0.782. The molecule has 0 nitrogen and oxygen atoms in total. The normalized spacial score (nSPS) is 10.3. The van der Waals surface area contributed by atoms with Crippen LogP contribution in [0, 0.1) is 6.92 Å². The van der Waals surface area contributed by atoms with Crippen LogP contribution in [0.3, 0.4) is 0 Å². The van der Waals surface area contributed by atoms with Crippen LogP contribution < -0.4 is 0 Å². The topological polar surface area (TPSA) is 0 Å². The molecule has 0 aliphatic carbocycles. The Balaban J connectivity index is 0. The van der Waals surface area contributed by atoms with Crippen molar-refractivity contribution in [3.63, 3.8) is 0 Å². The summed E-state index contributed by atoms with van der Waals surface area (Å²) in [4.78, 5) is 0. The number of hydrogen-bond acceptors (Lipinski definition) is 0. The molecule has 0 saturated heterocycles. The summed E-state index contributed by atoms with van der Waals surface area (Å²) in [5.74, 6) is 0.409. The van der Waals surface area contributed by atoms with E-state index in [0.717, 1.165) is 0 Å². The summed E-state index contributed by atoms with van der Waals surface area (Å²) in [7, 11) is 0. The quantitative estimate of drug-likeness (QED) is 0.655. The molecule has 1 heteroatoms. The Kier molecular flexibility index (Phi) is 11.6. The van der Waals surface area contributed by atoms with E-state index in [-0.39, 0.29) is 32.7 Å². The molecule has 1 radical (unpaired) electrons. The molecule has 1 atom stereocenters. The van der Waals surface area contributed by atoms with Gasteiger partial charge in [0.15, 0.2) is 0 Å². The first-order chi connectivity index (χ1) is 5.30. The van der Waals surface area contributed by atoms with Gasteiger partial charge < -0.3 is 6.92 Å². The van der Waals surface area contributed by atoms with Crippen molar-refractivity contribution in [3.8, 4) is 0 Å². The predicted octanol–water partition coefficient (Wildman–Crippen LogP) is 3.65. The van der Waals surface area contributed by atoms with Crippen molar-refractivity contribution < 1.29 is 32.7 Å². The predicted molar refractivity (Wildman–Crippen MR) is 51.6 cm³/mol. The van der Waals surface area contributed by atoms with Crippen LogP contribution >= 0.6 is 0 Å². The van der Waals surface area contributed by atoms with E-state index in [2.05, 4.69) is 26.0 Å². The summed E-state index contributed by atoms with van der Waals surface area (Å²) in [6, 6.07) is 10.3. The van der Waals surface area contributed by atoms with Crippen LogP contribution in [0.15, 0.2) is 30.3 Å². The third-order valence-electron chi connectivity index (χ3n) is 1.37. The standard InChI is InChI=1S/C9H11.C2H6.Y/c1-8(2)9-6-4-3-5-7-9;1-2;/h3-8H,1H2,2H3;1-2H3;/q-1;;. The Morgan fingerprint density at radius 2 is 1.50 bits per heavy atom. The van der Waals surface area contributed by atoms with Gasteiger partial charge in [-0.1, -0.05) is 56.7 Å². The van der Waals surface area contributed by atoms with Crippen LogP contribution in [0.5, 0.6) is 0 Å². The van der Waals surface area contributed by atoms with Gasteiger partial charge in [-0.3, -0.25) is 0 Å². The zero-order chi connectivity index (χ0) is 8.69. The number of benzene rings is 1. The molecule has 1 rings (SSSR count). The second kappa shape index (κ2) is 9.41. The molecule has 65 valence electrons. The van der Waals surface area contributed by atoms with Gasteiger partial charge in [-0.2, -0.15) is 0 Å². The van der Waals surface area contributed by atoms with Crippen molar-refractivity contribution in [1.82, 2.24) is 0 Å². The average Bonchev–Trinajstić information content (AvgIpc) is 2.10. The molecule has 0 amide bonds. The van der Waals surface area contributed by atoms with E-state index in [4.69, 9.17) is 0 Å². The summed E-state index contributed by atoms with van der Waals surface area (Å²) in [6.07, 6.45) is 0. The zero-order valence-corrected chi connectivity index (χ0v) is 11.1. The van der Waals surface area contributed by atoms with Crippen molar-refractivity contribution in [3.05, 3.63) is 42.8 Å². The average molecular weight is 238 g/mol. The van der Waals surface area contributed by atoms with Gasteiger partial charge in [-0.15, -0.1) is 5.92 Å². The number of hydrogen-bond donors (Lipinski definition) is 0. The van der Waals surface area contributed by atoms with Crippen molar-refractivity contribution in [1.29, 1.82) is 0 Å². The van der Waals surface area contributed by atoms with E-state index in [1.54, 1.807) is 0 Å². The maximum absolute atomic E-state index is 3.91. The van der Waals surface area contributed by atoms with Crippen molar-refractivity contribution in [2.24, 2.45) is 0 Å². The van der Waals surface area contributed by atoms with Crippen molar-refractivity contribution >= 4 is 0 Å². The molecular weight excluding hydrogens is 221 g/mol. The summed E-state index contributed by atoms with van der Waals surface area (Å²) in [5, 5.41) is 0. The van der Waals surface area contributed by atoms with Crippen molar-refractivity contribution in [2.75, 3.05) is 0 Å². The largest absolute Gasteiger partial charge is 0.336 e. The van der Waals surface area contributed by atoms with Gasteiger partial charge >= 0.3 is 0 Å². The Hall–Kier alpha value is 0.324. The Bertz CT molecular complexity index is 168. The molecule has 0 aliphatic rings. The molecule has 0 bridgehead atoms. The van der Waals surface area contributed by atoms with E-state index in [9.17, 15) is 0 Å². The van der Waals surface area contributed by atoms with Gasteiger partial charge in [0.2, 0.25) is 0 Å². The van der Waals surface area contributed by atoms with Gasteiger partial charge in [0, 0.05) is 32.7 Å². The molecule has 0 heterocycles. The van der Waals surface area contributed by atoms with Crippen LogP contribution in [0.25, 0.3) is 0 Å². The zero-order valence-electron chi connectivity index (χ0n) is 8.25. The van der Waals surface area contributed by atoms with Gasteiger partial charge in [0.25, 0.3) is 0 Å². The summed E-state index contributed by atoms with van der Waals surface area (Å²) < 4.78 is 0. The molecule has 0 aromatic heterocycles. The summed E-state index contributed by atoms with van der Waals surface area (Å²) in [5.41, 5.74) is 1.30. The molecule has 0 spiro atoms. The minimum absolute atomic E-state index is 0. The molecule has 1 aromatic carbocycles. The number of rotatable bonds is 1. The van der Waals surface area contributed by atoms with Crippen LogP contribution in [0.2, 0.25) is 0 Å². The van der Waals surface area contributed by atoms with Gasteiger partial charge in [0.05, 0.1) is 0 Å². The minimum atomic E-state index is 0. The van der Waals surface area contributed by atoms with Crippen LogP contribution in [-0.2, 0) is 32.7 Å². The molecular formula is C11H17Y-. The SMILES string of the molecule is CC.[CH2-]C(C)c1ccccc1.[Y].